The van der Waals surface area contributed by atoms with Gasteiger partial charge in [-0.1, -0.05) is 19.1 Å². The number of nitrogens with one attached hydrogen (secondary N) is 1. The molecule has 6 heteroatoms. The van der Waals surface area contributed by atoms with E-state index in [1.807, 2.05) is 6.92 Å². The lowest BCUT2D eigenvalue weighted by atomic mass is 10.1. The highest BCUT2D eigenvalue weighted by atomic mass is 16.6. The van der Waals surface area contributed by atoms with Gasteiger partial charge in [-0.25, -0.2) is 0 Å². The number of nitrogens with zero attached hydrogens (tertiary/aromatic N) is 1. The minimum atomic E-state index is -0.466. The lowest BCUT2D eigenvalue weighted by Crippen LogP contribution is -2.26. The smallest absolute Gasteiger partial charge is 0.269 e. The minimum absolute atomic E-state index is 0.0205. The van der Waals surface area contributed by atoms with E-state index >= 15 is 0 Å². The molecule has 1 aromatic rings. The summed E-state index contributed by atoms with van der Waals surface area (Å²) >= 11 is 0. The number of amides is 1. The van der Waals surface area contributed by atoms with Crippen LogP contribution in [0.15, 0.2) is 24.3 Å². The Morgan fingerprint density at radius 1 is 1.40 bits per heavy atom. The van der Waals surface area contributed by atoms with Crippen LogP contribution in [0, 0.1) is 16.0 Å². The molecule has 0 saturated heterocycles. The van der Waals surface area contributed by atoms with Crippen molar-refractivity contribution in [2.24, 2.45) is 5.92 Å². The van der Waals surface area contributed by atoms with Crippen molar-refractivity contribution in [3.05, 3.63) is 39.9 Å². The van der Waals surface area contributed by atoms with Gasteiger partial charge in [-0.05, 0) is 24.3 Å². The van der Waals surface area contributed by atoms with E-state index in [1.54, 1.807) is 12.1 Å². The highest BCUT2D eigenvalue weighted by Gasteiger charge is 2.07. The van der Waals surface area contributed by atoms with Gasteiger partial charge in [0.15, 0.2) is 0 Å². The van der Waals surface area contributed by atoms with Gasteiger partial charge in [-0.3, -0.25) is 14.9 Å². The highest BCUT2D eigenvalue weighted by Crippen LogP contribution is 2.12. The van der Waals surface area contributed by atoms with Crippen molar-refractivity contribution in [1.82, 2.24) is 5.32 Å². The van der Waals surface area contributed by atoms with Crippen molar-refractivity contribution in [3.8, 4) is 0 Å². The van der Waals surface area contributed by atoms with Crippen LogP contribution in [0.1, 0.15) is 25.3 Å². The Labute approximate surface area is 118 Å². The zero-order valence-electron chi connectivity index (χ0n) is 11.5. The summed E-state index contributed by atoms with van der Waals surface area (Å²) in [4.78, 5) is 21.7. The number of aliphatic hydroxyl groups is 1. The number of non-ortho nitro benzene ring substituents is 1. The molecule has 0 fully saturated rings. The second kappa shape index (κ2) is 8.27. The van der Waals surface area contributed by atoms with Crippen molar-refractivity contribution in [1.29, 1.82) is 0 Å². The molecule has 1 amide bonds. The van der Waals surface area contributed by atoms with Crippen molar-refractivity contribution >= 4 is 11.6 Å². The second-order valence-corrected chi connectivity index (χ2v) is 4.88. The van der Waals surface area contributed by atoms with E-state index in [2.05, 4.69) is 5.32 Å². The molecule has 20 heavy (non-hydrogen) atoms. The molecule has 110 valence electrons. The Bertz CT molecular complexity index is 445. The van der Waals surface area contributed by atoms with Crippen molar-refractivity contribution in [2.75, 3.05) is 13.2 Å². The second-order valence-electron chi connectivity index (χ2n) is 4.88. The number of benzene rings is 1. The number of rotatable bonds is 8. The molecule has 6 nitrogen and oxygen atoms in total. The SMILES string of the molecule is CC(CO)CCCNC(=O)Cc1ccc([N+](=O)[O-])cc1. The molecule has 0 spiro atoms. The average Bonchev–Trinajstić information content (AvgIpc) is 2.43. The van der Waals surface area contributed by atoms with Gasteiger partial charge in [-0.2, -0.15) is 0 Å². The van der Waals surface area contributed by atoms with Crippen LogP contribution in [0.25, 0.3) is 0 Å². The molecule has 0 saturated carbocycles. The predicted molar refractivity (Wildman–Crippen MR) is 75.3 cm³/mol. The lowest BCUT2D eigenvalue weighted by molar-refractivity contribution is -0.384. The van der Waals surface area contributed by atoms with Gasteiger partial charge in [0.1, 0.15) is 0 Å². The van der Waals surface area contributed by atoms with Gasteiger partial charge in [0, 0.05) is 25.3 Å². The highest BCUT2D eigenvalue weighted by molar-refractivity contribution is 5.78. The summed E-state index contributed by atoms with van der Waals surface area (Å²) in [5.41, 5.74) is 0.768. The maximum absolute atomic E-state index is 11.7. The Hall–Kier alpha value is -1.95. The number of carbonyl (C=O) groups is 1. The number of nitro benzene ring substituents is 1. The van der Waals surface area contributed by atoms with E-state index in [4.69, 9.17) is 5.11 Å². The molecule has 0 aliphatic carbocycles. The maximum Gasteiger partial charge on any atom is 0.269 e. The van der Waals surface area contributed by atoms with Gasteiger partial charge >= 0.3 is 0 Å². The molecule has 0 bridgehead atoms. The molecular weight excluding hydrogens is 260 g/mol. The number of nitro groups is 1. The fourth-order valence-corrected chi connectivity index (χ4v) is 1.75. The first kappa shape index (κ1) is 16.1. The van der Waals surface area contributed by atoms with E-state index in [0.29, 0.717) is 6.54 Å². The molecule has 0 aliphatic heterocycles. The molecule has 0 aliphatic rings. The van der Waals surface area contributed by atoms with E-state index < -0.39 is 4.92 Å². The standard InChI is InChI=1S/C14H20N2O4/c1-11(10-17)3-2-8-15-14(18)9-12-4-6-13(7-5-12)16(19)20/h4-7,11,17H,2-3,8-10H2,1H3,(H,15,18). The van der Waals surface area contributed by atoms with Gasteiger partial charge in [0.05, 0.1) is 11.3 Å². The molecule has 0 radical (unpaired) electrons. The van der Waals surface area contributed by atoms with E-state index in [9.17, 15) is 14.9 Å². The van der Waals surface area contributed by atoms with E-state index in [1.165, 1.54) is 12.1 Å². The fraction of sp³-hybridized carbons (Fsp3) is 0.500. The van der Waals surface area contributed by atoms with Crippen LogP contribution in [-0.4, -0.2) is 29.1 Å². The summed E-state index contributed by atoms with van der Waals surface area (Å²) in [5.74, 6) is 0.150. The molecular formula is C14H20N2O4. The molecule has 1 rings (SSSR count). The minimum Gasteiger partial charge on any atom is -0.396 e. The lowest BCUT2D eigenvalue weighted by Gasteiger charge is -2.08. The summed E-state index contributed by atoms with van der Waals surface area (Å²) in [6.07, 6.45) is 1.91. The summed E-state index contributed by atoms with van der Waals surface area (Å²) in [7, 11) is 0. The molecule has 2 N–H and O–H groups in total. The molecule has 0 heterocycles. The van der Waals surface area contributed by atoms with Gasteiger partial charge in [0.25, 0.3) is 5.69 Å². The first-order chi connectivity index (χ1) is 9.52. The van der Waals surface area contributed by atoms with Crippen LogP contribution in [0.4, 0.5) is 5.69 Å². The Morgan fingerprint density at radius 3 is 2.60 bits per heavy atom. The maximum atomic E-state index is 11.7. The quantitative estimate of drug-likeness (QED) is 0.430. The Morgan fingerprint density at radius 2 is 2.05 bits per heavy atom. The number of hydrogen-bond donors (Lipinski definition) is 2. The van der Waals surface area contributed by atoms with Crippen LogP contribution in [0.2, 0.25) is 0 Å². The topological polar surface area (TPSA) is 92.5 Å². The van der Waals surface area contributed by atoms with Gasteiger partial charge < -0.3 is 10.4 Å². The molecule has 0 aromatic heterocycles. The summed E-state index contributed by atoms with van der Waals surface area (Å²) in [5, 5.41) is 22.2. The van der Waals surface area contributed by atoms with Crippen molar-refractivity contribution in [3.63, 3.8) is 0 Å². The fourth-order valence-electron chi connectivity index (χ4n) is 1.75. The average molecular weight is 280 g/mol. The first-order valence-electron chi connectivity index (χ1n) is 6.63. The van der Waals surface area contributed by atoms with Crippen molar-refractivity contribution < 1.29 is 14.8 Å². The van der Waals surface area contributed by atoms with Crippen LogP contribution in [0.5, 0.6) is 0 Å². The van der Waals surface area contributed by atoms with Crippen molar-refractivity contribution in [2.45, 2.75) is 26.2 Å². The zero-order valence-corrected chi connectivity index (χ0v) is 11.5. The van der Waals surface area contributed by atoms with E-state index in [0.717, 1.165) is 18.4 Å². The molecule has 1 aromatic carbocycles. The number of carbonyl (C=O) groups excluding carboxylic acids is 1. The summed E-state index contributed by atoms with van der Waals surface area (Å²) < 4.78 is 0. The zero-order chi connectivity index (χ0) is 15.0. The third-order valence-electron chi connectivity index (χ3n) is 3.02. The van der Waals surface area contributed by atoms with Crippen LogP contribution >= 0.6 is 0 Å². The van der Waals surface area contributed by atoms with Crippen LogP contribution in [0.3, 0.4) is 0 Å². The largest absolute Gasteiger partial charge is 0.396 e. The third kappa shape index (κ3) is 5.79. The van der Waals surface area contributed by atoms with Gasteiger partial charge in [0.2, 0.25) is 5.91 Å². The molecule has 1 unspecified atom stereocenters. The van der Waals surface area contributed by atoms with E-state index in [-0.39, 0.29) is 30.5 Å². The molecule has 1 atom stereocenters. The summed E-state index contributed by atoms with van der Waals surface area (Å²) in [6.45, 7) is 2.70. The monoisotopic (exact) mass is 280 g/mol. The predicted octanol–water partition coefficient (Wildman–Crippen LogP) is 1.66. The number of aliphatic hydroxyl groups excluding tert-OH is 1. The Balaban J connectivity index is 2.30. The first-order valence-corrected chi connectivity index (χ1v) is 6.63. The summed E-state index contributed by atoms with van der Waals surface area (Å²) in [6, 6.07) is 5.97. The van der Waals surface area contributed by atoms with Crippen LogP contribution in [-0.2, 0) is 11.2 Å². The Kier molecular flexibility index (Phi) is 6.66. The number of hydrogen-bond acceptors (Lipinski definition) is 4. The normalized spacial score (nSPS) is 11.9. The van der Waals surface area contributed by atoms with Gasteiger partial charge in [-0.15, -0.1) is 0 Å². The third-order valence-corrected chi connectivity index (χ3v) is 3.02. The van der Waals surface area contributed by atoms with Crippen LogP contribution < -0.4 is 5.32 Å².